The van der Waals surface area contributed by atoms with Crippen LogP contribution >= 0.6 is 22.7 Å². The molecule has 4 aromatic rings. The third-order valence-electron chi connectivity index (χ3n) is 6.10. The van der Waals surface area contributed by atoms with E-state index in [2.05, 4.69) is 18.0 Å². The smallest absolute Gasteiger partial charge is 0.253 e. The summed E-state index contributed by atoms with van der Waals surface area (Å²) in [6.45, 7) is 4.69. The van der Waals surface area contributed by atoms with Gasteiger partial charge < -0.3 is 0 Å². The molecule has 1 aliphatic rings. The van der Waals surface area contributed by atoms with Crippen LogP contribution in [0.15, 0.2) is 58.4 Å². The van der Waals surface area contributed by atoms with Gasteiger partial charge in [-0.2, -0.15) is 4.31 Å². The van der Waals surface area contributed by atoms with Crippen LogP contribution in [0.25, 0.3) is 10.2 Å². The zero-order valence-corrected chi connectivity index (χ0v) is 21.3. The SMILES string of the molecule is Cc1cc2nc(N(Cc3cccnc3)C(=O)[C@H]3CCCN3S(=O)(=O)c3cccs3)sc2cc1C. The number of pyridine rings is 1. The molecule has 3 aromatic heterocycles. The highest BCUT2D eigenvalue weighted by atomic mass is 32.2. The number of aromatic nitrogens is 2. The van der Waals surface area contributed by atoms with Crippen molar-refractivity contribution in [3.05, 3.63) is 70.9 Å². The van der Waals surface area contributed by atoms with Gasteiger partial charge in [0.25, 0.3) is 10.0 Å². The maximum Gasteiger partial charge on any atom is 0.253 e. The maximum absolute atomic E-state index is 14.0. The zero-order chi connectivity index (χ0) is 23.9. The fourth-order valence-electron chi connectivity index (χ4n) is 4.18. The van der Waals surface area contributed by atoms with Gasteiger partial charge in [-0.1, -0.05) is 23.5 Å². The second-order valence-electron chi connectivity index (χ2n) is 8.39. The Morgan fingerprint density at radius 2 is 2.03 bits per heavy atom. The average molecular weight is 513 g/mol. The Morgan fingerprint density at radius 1 is 1.21 bits per heavy atom. The first-order chi connectivity index (χ1) is 16.3. The van der Waals surface area contributed by atoms with Gasteiger partial charge in [-0.15, -0.1) is 11.3 Å². The number of thiophene rings is 1. The van der Waals surface area contributed by atoms with Crippen molar-refractivity contribution < 1.29 is 13.2 Å². The number of thiazole rings is 1. The van der Waals surface area contributed by atoms with Gasteiger partial charge in [0.05, 0.1) is 16.8 Å². The van der Waals surface area contributed by atoms with E-state index in [0.29, 0.717) is 24.5 Å². The van der Waals surface area contributed by atoms with Crippen molar-refractivity contribution in [2.75, 3.05) is 11.4 Å². The van der Waals surface area contributed by atoms with Crippen molar-refractivity contribution in [1.82, 2.24) is 14.3 Å². The van der Waals surface area contributed by atoms with Gasteiger partial charge >= 0.3 is 0 Å². The summed E-state index contributed by atoms with van der Waals surface area (Å²) in [4.78, 5) is 24.5. The molecule has 4 heterocycles. The Labute approximate surface area is 206 Å². The van der Waals surface area contributed by atoms with E-state index in [-0.39, 0.29) is 16.7 Å². The molecule has 1 aromatic carbocycles. The van der Waals surface area contributed by atoms with Crippen molar-refractivity contribution in [3.63, 3.8) is 0 Å². The highest BCUT2D eigenvalue weighted by Gasteiger charge is 2.42. The number of carbonyl (C=O) groups is 1. The van der Waals surface area contributed by atoms with Crippen molar-refractivity contribution in [3.8, 4) is 0 Å². The number of benzene rings is 1. The Kier molecular flexibility index (Phi) is 6.24. The van der Waals surface area contributed by atoms with E-state index >= 15 is 0 Å². The summed E-state index contributed by atoms with van der Waals surface area (Å²) < 4.78 is 29.2. The Bertz CT molecular complexity index is 1390. The summed E-state index contributed by atoms with van der Waals surface area (Å²) in [6, 6.07) is 10.4. The lowest BCUT2D eigenvalue weighted by Gasteiger charge is -2.28. The van der Waals surface area contributed by atoms with E-state index in [9.17, 15) is 13.2 Å². The van der Waals surface area contributed by atoms with Crippen molar-refractivity contribution in [2.24, 2.45) is 0 Å². The van der Waals surface area contributed by atoms with Crippen LogP contribution in [0.3, 0.4) is 0 Å². The van der Waals surface area contributed by atoms with E-state index < -0.39 is 16.1 Å². The molecule has 0 saturated carbocycles. The topological polar surface area (TPSA) is 83.5 Å². The molecule has 0 aliphatic carbocycles. The zero-order valence-electron chi connectivity index (χ0n) is 18.8. The quantitative estimate of drug-likeness (QED) is 0.372. The minimum absolute atomic E-state index is 0.256. The molecule has 5 rings (SSSR count). The fourth-order valence-corrected chi connectivity index (χ4v) is 8.00. The lowest BCUT2D eigenvalue weighted by atomic mass is 10.1. The van der Waals surface area contributed by atoms with Gasteiger partial charge in [0.2, 0.25) is 5.91 Å². The minimum atomic E-state index is -3.74. The largest absolute Gasteiger partial charge is 0.282 e. The van der Waals surface area contributed by atoms with Gasteiger partial charge in [0.15, 0.2) is 5.13 Å². The Morgan fingerprint density at radius 3 is 2.76 bits per heavy atom. The van der Waals surface area contributed by atoms with Gasteiger partial charge in [0.1, 0.15) is 10.3 Å². The first-order valence-electron chi connectivity index (χ1n) is 11.0. The summed E-state index contributed by atoms with van der Waals surface area (Å²) in [5.74, 6) is -0.256. The van der Waals surface area contributed by atoms with Gasteiger partial charge in [-0.3, -0.25) is 14.7 Å². The number of sulfonamides is 1. The number of rotatable bonds is 6. The number of carbonyl (C=O) groups excluding carboxylic acids is 1. The lowest BCUT2D eigenvalue weighted by Crippen LogP contribution is -2.47. The number of nitrogens with zero attached hydrogens (tertiary/aromatic N) is 4. The number of anilines is 1. The first kappa shape index (κ1) is 23.1. The van der Waals surface area contributed by atoms with E-state index in [1.165, 1.54) is 27.0 Å². The summed E-state index contributed by atoms with van der Waals surface area (Å²) in [6.07, 6.45) is 4.53. The second kappa shape index (κ2) is 9.18. The van der Waals surface area contributed by atoms with Crippen LogP contribution in [0.2, 0.25) is 0 Å². The van der Waals surface area contributed by atoms with Crippen LogP contribution < -0.4 is 4.90 Å². The average Bonchev–Trinajstić information content (AvgIpc) is 3.59. The third kappa shape index (κ3) is 4.26. The molecule has 1 aliphatic heterocycles. The van der Waals surface area contributed by atoms with Crippen LogP contribution in [-0.2, 0) is 21.4 Å². The highest BCUT2D eigenvalue weighted by Crippen LogP contribution is 2.35. The number of hydrogen-bond acceptors (Lipinski definition) is 7. The molecule has 0 unspecified atom stereocenters. The van der Waals surface area contributed by atoms with E-state index in [4.69, 9.17) is 4.98 Å². The third-order valence-corrected chi connectivity index (χ3v) is 10.4. The highest BCUT2D eigenvalue weighted by molar-refractivity contribution is 7.91. The maximum atomic E-state index is 14.0. The molecule has 1 fully saturated rings. The van der Waals surface area contributed by atoms with Gasteiger partial charge in [0, 0.05) is 18.9 Å². The van der Waals surface area contributed by atoms with Crippen LogP contribution in [0, 0.1) is 13.8 Å². The molecule has 0 radical (unpaired) electrons. The lowest BCUT2D eigenvalue weighted by molar-refractivity contribution is -0.121. The molecule has 1 amide bonds. The molecule has 7 nitrogen and oxygen atoms in total. The molecule has 0 bridgehead atoms. The number of fused-ring (bicyclic) bond motifs is 1. The monoisotopic (exact) mass is 512 g/mol. The second-order valence-corrected chi connectivity index (χ2v) is 12.5. The first-order valence-corrected chi connectivity index (χ1v) is 14.1. The van der Waals surface area contributed by atoms with Gasteiger partial charge in [-0.25, -0.2) is 13.4 Å². The van der Waals surface area contributed by atoms with Crippen LogP contribution in [0.1, 0.15) is 29.5 Å². The van der Waals surface area contributed by atoms with E-state index in [1.54, 1.807) is 34.8 Å². The molecule has 1 atom stereocenters. The van der Waals surface area contributed by atoms with Crippen LogP contribution in [0.5, 0.6) is 0 Å². The normalized spacial score (nSPS) is 16.8. The predicted molar refractivity (Wildman–Crippen MR) is 136 cm³/mol. The molecule has 0 spiro atoms. The molecule has 1 saturated heterocycles. The predicted octanol–water partition coefficient (Wildman–Crippen LogP) is 4.76. The molecule has 0 N–H and O–H groups in total. The number of aryl methyl sites for hydroxylation is 2. The van der Waals surface area contributed by atoms with Gasteiger partial charge in [-0.05, 0) is 73.0 Å². The van der Waals surface area contributed by atoms with Crippen LogP contribution in [0.4, 0.5) is 5.13 Å². The molecule has 34 heavy (non-hydrogen) atoms. The molecule has 10 heteroatoms. The van der Waals surface area contributed by atoms with Crippen LogP contribution in [-0.4, -0.2) is 41.2 Å². The number of hydrogen-bond donors (Lipinski definition) is 0. The standard InChI is InChI=1S/C24H24N4O3S3/c1-16-12-19-21(13-17(16)2)33-24(26-19)27(15-18-6-3-9-25-14-18)23(29)20-7-4-10-28(20)34(30,31)22-8-5-11-32-22/h3,5-6,8-9,11-14,20H,4,7,10,15H2,1-2H3/t20-/m1/s1. The summed E-state index contributed by atoms with van der Waals surface area (Å²) in [5, 5.41) is 2.30. The molecular formula is C24H24N4O3S3. The van der Waals surface area contributed by atoms with E-state index in [1.807, 2.05) is 25.1 Å². The molecule has 176 valence electrons. The summed E-state index contributed by atoms with van der Waals surface area (Å²) in [7, 11) is -3.74. The number of amides is 1. The van der Waals surface area contributed by atoms with E-state index in [0.717, 1.165) is 26.9 Å². The summed E-state index contributed by atoms with van der Waals surface area (Å²) in [5.41, 5.74) is 3.99. The fraction of sp³-hybridized carbons (Fsp3) is 0.292. The Balaban J connectivity index is 1.54. The molecular weight excluding hydrogens is 488 g/mol. The van der Waals surface area contributed by atoms with Crippen molar-refractivity contribution in [1.29, 1.82) is 0 Å². The van der Waals surface area contributed by atoms with Crippen molar-refractivity contribution >= 4 is 54.0 Å². The van der Waals surface area contributed by atoms with Crippen molar-refractivity contribution in [2.45, 2.75) is 43.5 Å². The Hall–Kier alpha value is -2.66. The minimum Gasteiger partial charge on any atom is -0.282 e. The summed E-state index contributed by atoms with van der Waals surface area (Å²) >= 11 is 2.62.